The molecule has 5 heteroatoms. The van der Waals surface area contributed by atoms with Crippen molar-refractivity contribution in [2.24, 2.45) is 0 Å². The van der Waals surface area contributed by atoms with Crippen LogP contribution in [-0.4, -0.2) is 23.3 Å². The van der Waals surface area contributed by atoms with Gasteiger partial charge in [-0.05, 0) is 60.2 Å². The zero-order valence-electron chi connectivity index (χ0n) is 20.6. The van der Waals surface area contributed by atoms with Crippen molar-refractivity contribution in [1.82, 2.24) is 9.55 Å². The number of benzene rings is 4. The van der Waals surface area contributed by atoms with Gasteiger partial charge in [-0.25, -0.2) is 4.98 Å². The first-order chi connectivity index (χ1) is 18.3. The lowest BCUT2D eigenvalue weighted by atomic mass is 10.2. The van der Waals surface area contributed by atoms with Crippen molar-refractivity contribution in [3.63, 3.8) is 0 Å². The Hall–Kier alpha value is -4.22. The van der Waals surface area contributed by atoms with E-state index in [1.165, 1.54) is 49.3 Å². The second-order valence-corrected chi connectivity index (χ2v) is 10.5. The van der Waals surface area contributed by atoms with Crippen molar-refractivity contribution in [2.75, 3.05) is 23.5 Å². The maximum absolute atomic E-state index is 4.66. The van der Waals surface area contributed by atoms with Gasteiger partial charge < -0.3 is 9.80 Å². The number of fused-ring (bicyclic) bond motifs is 4. The van der Waals surface area contributed by atoms with Crippen LogP contribution < -0.4 is 9.80 Å². The van der Waals surface area contributed by atoms with Gasteiger partial charge in [0.2, 0.25) is 0 Å². The molecule has 6 aromatic rings. The molecular weight excluding hydrogens is 472 g/mol. The molecule has 3 heterocycles. The summed E-state index contributed by atoms with van der Waals surface area (Å²) in [7, 11) is 2.15. The molecule has 7 rings (SSSR count). The minimum atomic E-state index is 0.866. The van der Waals surface area contributed by atoms with Gasteiger partial charge in [0, 0.05) is 40.4 Å². The Bertz CT molecular complexity index is 1740. The number of hydrogen-bond acceptors (Lipinski definition) is 4. The van der Waals surface area contributed by atoms with Gasteiger partial charge >= 0.3 is 0 Å². The van der Waals surface area contributed by atoms with E-state index in [9.17, 15) is 0 Å². The molecule has 1 aliphatic heterocycles. The van der Waals surface area contributed by atoms with Crippen LogP contribution in [0.25, 0.3) is 27.6 Å². The second-order valence-electron chi connectivity index (χ2n) is 9.43. The molecule has 4 aromatic carbocycles. The van der Waals surface area contributed by atoms with Crippen LogP contribution in [0.4, 0.5) is 17.1 Å². The normalized spacial score (nSPS) is 13.0. The lowest BCUT2D eigenvalue weighted by Gasteiger charge is -2.20. The predicted molar refractivity (Wildman–Crippen MR) is 156 cm³/mol. The van der Waals surface area contributed by atoms with E-state index in [0.29, 0.717) is 0 Å². The zero-order valence-corrected chi connectivity index (χ0v) is 21.4. The second kappa shape index (κ2) is 9.02. The summed E-state index contributed by atoms with van der Waals surface area (Å²) in [6.07, 6.45) is 1.86. The molecule has 180 valence electrons. The Labute approximate surface area is 220 Å². The summed E-state index contributed by atoms with van der Waals surface area (Å²) >= 11 is 1.88. The molecule has 0 saturated carbocycles. The number of hydrogen-bond donors (Lipinski definition) is 0. The van der Waals surface area contributed by atoms with Crippen LogP contribution in [0.1, 0.15) is 5.56 Å². The smallest absolute Gasteiger partial charge is 0.137 e. The van der Waals surface area contributed by atoms with E-state index in [-0.39, 0.29) is 0 Å². The van der Waals surface area contributed by atoms with Gasteiger partial charge in [-0.15, -0.1) is 11.8 Å². The lowest BCUT2D eigenvalue weighted by Crippen LogP contribution is -2.23. The first-order valence-electron chi connectivity index (χ1n) is 12.5. The van der Waals surface area contributed by atoms with Crippen LogP contribution in [0.3, 0.4) is 0 Å². The standard InChI is InChI=1S/C32H26N4S/c1-34-22-35(30-14-5-4-13-29(30)34)24-10-8-9-23(19-24)21-37-25-16-17-27-26-11-2-3-12-28(26)36(31(27)20-25)32-15-6-7-18-33-32/h2-20H,21-22H2,1H3. The number of pyridine rings is 1. The molecule has 4 nitrogen and oxygen atoms in total. The molecular formula is C32H26N4S. The highest BCUT2D eigenvalue weighted by Crippen LogP contribution is 2.40. The fraction of sp³-hybridized carbons (Fsp3) is 0.0938. The highest BCUT2D eigenvalue weighted by molar-refractivity contribution is 7.98. The molecule has 0 bridgehead atoms. The minimum absolute atomic E-state index is 0.866. The molecule has 0 atom stereocenters. The topological polar surface area (TPSA) is 24.3 Å². The van der Waals surface area contributed by atoms with Crippen molar-refractivity contribution >= 4 is 50.6 Å². The van der Waals surface area contributed by atoms with Crippen LogP contribution in [0.15, 0.2) is 120 Å². The van der Waals surface area contributed by atoms with Gasteiger partial charge in [0.1, 0.15) is 5.82 Å². The fourth-order valence-corrected chi connectivity index (χ4v) is 6.23. The molecule has 0 N–H and O–H groups in total. The molecule has 0 fully saturated rings. The van der Waals surface area contributed by atoms with E-state index >= 15 is 0 Å². The lowest BCUT2D eigenvalue weighted by molar-refractivity contribution is 0.949. The van der Waals surface area contributed by atoms with Crippen molar-refractivity contribution in [3.05, 3.63) is 121 Å². The highest BCUT2D eigenvalue weighted by Gasteiger charge is 2.23. The van der Waals surface area contributed by atoms with Crippen molar-refractivity contribution < 1.29 is 0 Å². The van der Waals surface area contributed by atoms with E-state index in [1.807, 2.05) is 30.1 Å². The van der Waals surface area contributed by atoms with E-state index in [0.717, 1.165) is 18.2 Å². The van der Waals surface area contributed by atoms with E-state index in [1.54, 1.807) is 0 Å². The number of para-hydroxylation sites is 3. The van der Waals surface area contributed by atoms with Crippen molar-refractivity contribution in [3.8, 4) is 5.82 Å². The summed E-state index contributed by atoms with van der Waals surface area (Å²) in [6, 6.07) is 39.0. The molecule has 2 aromatic heterocycles. The fourth-order valence-electron chi connectivity index (χ4n) is 5.35. The number of thioether (sulfide) groups is 1. The Morgan fingerprint density at radius 1 is 0.730 bits per heavy atom. The third-order valence-corrected chi connectivity index (χ3v) is 8.15. The number of rotatable bonds is 5. The molecule has 0 saturated heterocycles. The van der Waals surface area contributed by atoms with Gasteiger partial charge in [-0.2, -0.15) is 0 Å². The maximum Gasteiger partial charge on any atom is 0.137 e. The van der Waals surface area contributed by atoms with Crippen LogP contribution in [-0.2, 0) is 5.75 Å². The third-order valence-electron chi connectivity index (χ3n) is 7.09. The Morgan fingerprint density at radius 3 is 2.43 bits per heavy atom. The average molecular weight is 499 g/mol. The summed E-state index contributed by atoms with van der Waals surface area (Å²) < 4.78 is 2.27. The summed E-state index contributed by atoms with van der Waals surface area (Å²) in [5.74, 6) is 1.86. The van der Waals surface area contributed by atoms with Gasteiger partial charge in [-0.3, -0.25) is 4.57 Å². The SMILES string of the molecule is CN1CN(c2cccc(CSc3ccc4c5ccccc5n(-c5ccccn5)c4c3)c2)c2ccccc21. The Balaban J connectivity index is 1.20. The van der Waals surface area contributed by atoms with Crippen molar-refractivity contribution in [1.29, 1.82) is 0 Å². The van der Waals surface area contributed by atoms with E-state index in [2.05, 4.69) is 123 Å². The Morgan fingerprint density at radius 2 is 1.54 bits per heavy atom. The third kappa shape index (κ3) is 3.83. The highest BCUT2D eigenvalue weighted by atomic mass is 32.2. The van der Waals surface area contributed by atoms with Crippen LogP contribution in [0.5, 0.6) is 0 Å². The largest absolute Gasteiger partial charge is 0.355 e. The monoisotopic (exact) mass is 498 g/mol. The van der Waals surface area contributed by atoms with Gasteiger partial charge in [0.05, 0.1) is 29.1 Å². The van der Waals surface area contributed by atoms with E-state index in [4.69, 9.17) is 0 Å². The molecule has 0 spiro atoms. The zero-order chi connectivity index (χ0) is 24.8. The average Bonchev–Trinajstić information content (AvgIpc) is 3.47. The molecule has 1 aliphatic rings. The number of nitrogens with zero attached hydrogens (tertiary/aromatic N) is 4. The molecule has 0 unspecified atom stereocenters. The summed E-state index contributed by atoms with van der Waals surface area (Å²) in [6.45, 7) is 0.866. The maximum atomic E-state index is 4.66. The minimum Gasteiger partial charge on any atom is -0.355 e. The van der Waals surface area contributed by atoms with E-state index < -0.39 is 0 Å². The molecule has 37 heavy (non-hydrogen) atoms. The predicted octanol–water partition coefficient (Wildman–Crippen LogP) is 8.02. The van der Waals surface area contributed by atoms with Gasteiger partial charge in [0.15, 0.2) is 0 Å². The summed E-state index contributed by atoms with van der Waals surface area (Å²) in [4.78, 5) is 10.6. The summed E-state index contributed by atoms with van der Waals surface area (Å²) in [5, 5.41) is 2.51. The summed E-state index contributed by atoms with van der Waals surface area (Å²) in [5.41, 5.74) is 7.47. The quantitative estimate of drug-likeness (QED) is 0.225. The van der Waals surface area contributed by atoms with Crippen molar-refractivity contribution in [2.45, 2.75) is 10.6 Å². The number of aromatic nitrogens is 2. The van der Waals surface area contributed by atoms with Crippen LogP contribution in [0, 0.1) is 0 Å². The molecule has 0 aliphatic carbocycles. The van der Waals surface area contributed by atoms with Gasteiger partial charge in [0.25, 0.3) is 0 Å². The first kappa shape index (κ1) is 22.0. The molecule has 0 amide bonds. The number of anilines is 3. The first-order valence-corrected chi connectivity index (χ1v) is 13.5. The van der Waals surface area contributed by atoms with Crippen LogP contribution in [0.2, 0.25) is 0 Å². The van der Waals surface area contributed by atoms with Crippen LogP contribution >= 0.6 is 11.8 Å². The Kier molecular flexibility index (Phi) is 5.37. The molecule has 0 radical (unpaired) electrons. The van der Waals surface area contributed by atoms with Gasteiger partial charge in [-0.1, -0.05) is 54.6 Å².